The average molecular weight is 367 g/mol. The van der Waals surface area contributed by atoms with Gasteiger partial charge in [0.25, 0.3) is 0 Å². The zero-order valence-electron chi connectivity index (χ0n) is 12.9. The predicted molar refractivity (Wildman–Crippen MR) is 93.6 cm³/mol. The molecule has 0 unspecified atom stereocenters. The third kappa shape index (κ3) is 4.45. The molecule has 3 nitrogen and oxygen atoms in total. The van der Waals surface area contributed by atoms with Crippen molar-refractivity contribution in [2.45, 2.75) is 20.5 Å². The van der Waals surface area contributed by atoms with E-state index in [1.807, 2.05) is 56.3 Å². The Balaban J connectivity index is 2.28. The molecule has 0 saturated carbocycles. The summed E-state index contributed by atoms with van der Waals surface area (Å²) in [7, 11) is 0. The third-order valence-corrected chi connectivity index (χ3v) is 3.98. The molecule has 4 heteroatoms. The Morgan fingerprint density at radius 3 is 2.39 bits per heavy atom. The van der Waals surface area contributed by atoms with Crippen molar-refractivity contribution in [3.05, 3.63) is 68.7 Å². The maximum atomic E-state index is 8.92. The zero-order chi connectivity index (χ0) is 16.8. The van der Waals surface area contributed by atoms with E-state index in [0.717, 1.165) is 32.5 Å². The molecule has 2 rings (SSSR count). The molecule has 0 saturated heterocycles. The normalized spacial score (nSPS) is 9.61. The van der Waals surface area contributed by atoms with E-state index in [0.29, 0.717) is 6.61 Å². The van der Waals surface area contributed by atoms with Crippen LogP contribution in [0.15, 0.2) is 46.4 Å². The molecule has 0 aliphatic carbocycles. The Morgan fingerprint density at radius 2 is 1.78 bits per heavy atom. The number of benzene rings is 2. The number of hydrogen-bond donors (Lipinski definition) is 0. The highest BCUT2D eigenvalue weighted by Crippen LogP contribution is 2.22. The summed E-state index contributed by atoms with van der Waals surface area (Å²) < 4.78 is 6.83. The van der Waals surface area contributed by atoms with E-state index >= 15 is 0 Å². The highest BCUT2D eigenvalue weighted by Gasteiger charge is 2.07. The van der Waals surface area contributed by atoms with Gasteiger partial charge in [-0.2, -0.15) is 10.5 Å². The van der Waals surface area contributed by atoms with Crippen molar-refractivity contribution in [3.8, 4) is 17.9 Å². The smallest absolute Gasteiger partial charge is 0.130 e. The average Bonchev–Trinajstić information content (AvgIpc) is 2.55. The zero-order valence-corrected chi connectivity index (χ0v) is 14.5. The first-order valence-electron chi connectivity index (χ1n) is 7.04. The van der Waals surface area contributed by atoms with Gasteiger partial charge >= 0.3 is 0 Å². The number of allylic oxidation sites excluding steroid dienone is 1. The van der Waals surface area contributed by atoms with Crippen molar-refractivity contribution < 1.29 is 4.74 Å². The van der Waals surface area contributed by atoms with Crippen LogP contribution in [0.4, 0.5) is 0 Å². The molecule has 0 spiro atoms. The van der Waals surface area contributed by atoms with E-state index < -0.39 is 0 Å². The molecule has 23 heavy (non-hydrogen) atoms. The van der Waals surface area contributed by atoms with Gasteiger partial charge in [-0.05, 0) is 60.9 Å². The Morgan fingerprint density at radius 1 is 1.13 bits per heavy atom. The Labute approximate surface area is 144 Å². The second-order valence-corrected chi connectivity index (χ2v) is 6.08. The summed E-state index contributed by atoms with van der Waals surface area (Å²) in [5.74, 6) is 0.793. The van der Waals surface area contributed by atoms with Gasteiger partial charge in [-0.15, -0.1) is 0 Å². The molecule has 2 aromatic rings. The van der Waals surface area contributed by atoms with Crippen LogP contribution < -0.4 is 4.74 Å². The van der Waals surface area contributed by atoms with Crippen LogP contribution in [0.2, 0.25) is 0 Å². The molecular formula is C19H15BrN2O. The van der Waals surface area contributed by atoms with Gasteiger partial charge in [0.1, 0.15) is 30.1 Å². The molecule has 0 heterocycles. The van der Waals surface area contributed by atoms with Crippen LogP contribution in [0.3, 0.4) is 0 Å². The van der Waals surface area contributed by atoms with E-state index in [9.17, 15) is 0 Å². The molecule has 114 valence electrons. The lowest BCUT2D eigenvalue weighted by atomic mass is 9.98. The summed E-state index contributed by atoms with van der Waals surface area (Å²) in [6, 6.07) is 15.5. The number of nitriles is 2. The largest absolute Gasteiger partial charge is 0.489 e. The highest BCUT2D eigenvalue weighted by molar-refractivity contribution is 9.10. The Hall–Kier alpha value is -2.56. The molecule has 2 aromatic carbocycles. The Kier molecular flexibility index (Phi) is 5.57. The fourth-order valence-electron chi connectivity index (χ4n) is 2.20. The van der Waals surface area contributed by atoms with Gasteiger partial charge in [0.2, 0.25) is 0 Å². The molecule has 0 aromatic heterocycles. The number of aryl methyl sites for hydroxylation is 1. The van der Waals surface area contributed by atoms with Crippen molar-refractivity contribution in [1.29, 1.82) is 10.5 Å². The quantitative estimate of drug-likeness (QED) is 0.709. The standard InChI is InChI=1S/C19H15BrN2O/c1-13-7-16(9-15(10-21)11-22)14(2)17(8-13)12-23-19-5-3-18(20)4-6-19/h3-9H,12H2,1-2H3. The minimum absolute atomic E-state index is 0.0958. The molecule has 0 atom stereocenters. The Bertz CT molecular complexity index is 808. The van der Waals surface area contributed by atoms with Crippen LogP contribution in [0, 0.1) is 36.5 Å². The lowest BCUT2D eigenvalue weighted by Crippen LogP contribution is -2.00. The first-order chi connectivity index (χ1) is 11.0. The summed E-state index contributed by atoms with van der Waals surface area (Å²) in [6.07, 6.45) is 1.62. The van der Waals surface area contributed by atoms with Crippen molar-refractivity contribution in [2.24, 2.45) is 0 Å². The fourth-order valence-corrected chi connectivity index (χ4v) is 2.46. The van der Waals surface area contributed by atoms with Gasteiger partial charge in [0.15, 0.2) is 0 Å². The molecule has 0 fully saturated rings. The van der Waals surface area contributed by atoms with E-state index in [1.165, 1.54) is 0 Å². The maximum Gasteiger partial charge on any atom is 0.130 e. The first kappa shape index (κ1) is 16.8. The lowest BCUT2D eigenvalue weighted by molar-refractivity contribution is 0.305. The second kappa shape index (κ2) is 7.63. The van der Waals surface area contributed by atoms with E-state index in [4.69, 9.17) is 15.3 Å². The number of halogens is 1. The number of ether oxygens (including phenoxy) is 1. The predicted octanol–water partition coefficient (Wildman–Crippen LogP) is 5.08. The number of hydrogen-bond acceptors (Lipinski definition) is 3. The number of rotatable bonds is 4. The van der Waals surface area contributed by atoms with Crippen LogP contribution in [0.1, 0.15) is 22.3 Å². The minimum Gasteiger partial charge on any atom is -0.489 e. The molecule has 0 bridgehead atoms. The van der Waals surface area contributed by atoms with Gasteiger partial charge in [-0.1, -0.05) is 33.6 Å². The summed E-state index contributed by atoms with van der Waals surface area (Å²) >= 11 is 3.39. The minimum atomic E-state index is 0.0958. The molecule has 0 aliphatic heterocycles. The molecule has 0 amide bonds. The monoisotopic (exact) mass is 366 g/mol. The lowest BCUT2D eigenvalue weighted by Gasteiger charge is -2.12. The van der Waals surface area contributed by atoms with Gasteiger partial charge < -0.3 is 4.74 Å². The molecule has 0 aliphatic rings. The summed E-state index contributed by atoms with van der Waals surface area (Å²) in [4.78, 5) is 0. The second-order valence-electron chi connectivity index (χ2n) is 5.16. The third-order valence-electron chi connectivity index (χ3n) is 3.45. The fraction of sp³-hybridized carbons (Fsp3) is 0.158. The van der Waals surface area contributed by atoms with Crippen molar-refractivity contribution >= 4 is 22.0 Å². The molecular weight excluding hydrogens is 352 g/mol. The van der Waals surface area contributed by atoms with Gasteiger partial charge in [-0.25, -0.2) is 0 Å². The first-order valence-corrected chi connectivity index (χ1v) is 7.83. The van der Waals surface area contributed by atoms with Crippen LogP contribution in [0.25, 0.3) is 6.08 Å². The summed E-state index contributed by atoms with van der Waals surface area (Å²) in [5.41, 5.74) is 4.08. The van der Waals surface area contributed by atoms with Gasteiger partial charge in [-0.3, -0.25) is 0 Å². The van der Waals surface area contributed by atoms with Crippen molar-refractivity contribution in [2.75, 3.05) is 0 Å². The van der Waals surface area contributed by atoms with Gasteiger partial charge in [0.05, 0.1) is 0 Å². The maximum absolute atomic E-state index is 8.92. The molecule has 0 radical (unpaired) electrons. The number of nitrogens with zero attached hydrogens (tertiary/aromatic N) is 2. The van der Waals surface area contributed by atoms with Crippen LogP contribution in [-0.4, -0.2) is 0 Å². The van der Waals surface area contributed by atoms with Crippen molar-refractivity contribution in [3.63, 3.8) is 0 Å². The van der Waals surface area contributed by atoms with Crippen LogP contribution in [-0.2, 0) is 6.61 Å². The van der Waals surface area contributed by atoms with Crippen LogP contribution >= 0.6 is 15.9 Å². The van der Waals surface area contributed by atoms with Crippen molar-refractivity contribution in [1.82, 2.24) is 0 Å². The topological polar surface area (TPSA) is 56.8 Å². The summed E-state index contributed by atoms with van der Waals surface area (Å²) in [6.45, 7) is 4.39. The summed E-state index contributed by atoms with van der Waals surface area (Å²) in [5, 5.41) is 17.8. The van der Waals surface area contributed by atoms with Gasteiger partial charge in [0, 0.05) is 4.47 Å². The highest BCUT2D eigenvalue weighted by atomic mass is 79.9. The molecule has 0 N–H and O–H groups in total. The van der Waals surface area contributed by atoms with E-state index in [2.05, 4.69) is 22.0 Å². The van der Waals surface area contributed by atoms with E-state index in [-0.39, 0.29) is 5.57 Å². The van der Waals surface area contributed by atoms with Crippen LogP contribution in [0.5, 0.6) is 5.75 Å². The SMILES string of the molecule is Cc1cc(C=C(C#N)C#N)c(C)c(COc2ccc(Br)cc2)c1. The van der Waals surface area contributed by atoms with E-state index in [1.54, 1.807) is 6.08 Å².